The van der Waals surface area contributed by atoms with Crippen LogP contribution in [0.25, 0.3) is 0 Å². The van der Waals surface area contributed by atoms with Gasteiger partial charge in [0.1, 0.15) is 0 Å². The molecule has 1 nitrogen and oxygen atoms in total. The van der Waals surface area contributed by atoms with E-state index in [1.165, 1.54) is 0 Å². The Hall–Kier alpha value is -0.350. The summed E-state index contributed by atoms with van der Waals surface area (Å²) in [5.41, 5.74) is 0.247. The molecule has 0 spiro atoms. The van der Waals surface area contributed by atoms with E-state index in [4.69, 9.17) is 0 Å². The quantitative estimate of drug-likeness (QED) is 0.762. The Balaban J connectivity index is 2.63. The molecule has 0 bridgehead atoms. The fourth-order valence-electron chi connectivity index (χ4n) is 2.06. The molecule has 0 saturated heterocycles. The first-order valence-corrected chi connectivity index (χ1v) is 7.14. The van der Waals surface area contributed by atoms with Crippen LogP contribution in [0.3, 0.4) is 0 Å². The van der Waals surface area contributed by atoms with E-state index in [2.05, 4.69) is 32.4 Å². The van der Waals surface area contributed by atoms with Crippen molar-refractivity contribution >= 4 is 11.9 Å². The Bertz CT molecular complexity index is 331. The monoisotopic (exact) mass is 275 g/mol. The Labute approximate surface area is 113 Å². The number of hydrogen-bond donors (Lipinski definition) is 1. The van der Waals surface area contributed by atoms with Crippen LogP contribution in [0.5, 0.6) is 0 Å². The maximum absolute atomic E-state index is 12.9. The zero-order chi connectivity index (χ0) is 13.9. The highest BCUT2D eigenvalue weighted by molar-refractivity contribution is 7.98. The van der Waals surface area contributed by atoms with Crippen molar-refractivity contribution in [3.8, 4) is 0 Å². The predicted octanol–water partition coefficient (Wildman–Crippen LogP) is 4.42. The average Bonchev–Trinajstić information content (AvgIpc) is 2.24. The maximum Gasteiger partial charge on any atom is 0.260 e. The molecule has 18 heavy (non-hydrogen) atoms. The SMILES string of the molecule is CC(NSC(C)(C)C)C1C=CC=C(C(F)F)C1C. The molecule has 0 aromatic carbocycles. The molecular formula is C14H23F2NS. The lowest BCUT2D eigenvalue weighted by atomic mass is 9.80. The van der Waals surface area contributed by atoms with Crippen molar-refractivity contribution in [1.82, 2.24) is 4.72 Å². The molecule has 3 unspecified atom stereocenters. The van der Waals surface area contributed by atoms with Crippen LogP contribution in [0.4, 0.5) is 8.78 Å². The second-order valence-electron chi connectivity index (χ2n) is 5.84. The largest absolute Gasteiger partial charge is 0.260 e. The van der Waals surface area contributed by atoms with E-state index in [9.17, 15) is 8.78 Å². The lowest BCUT2D eigenvalue weighted by molar-refractivity contribution is 0.166. The Morgan fingerprint density at radius 3 is 2.44 bits per heavy atom. The van der Waals surface area contributed by atoms with Crippen LogP contribution in [-0.4, -0.2) is 17.2 Å². The van der Waals surface area contributed by atoms with Crippen molar-refractivity contribution in [2.24, 2.45) is 11.8 Å². The third-order valence-corrected chi connectivity index (χ3v) is 4.21. The number of alkyl halides is 2. The highest BCUT2D eigenvalue weighted by atomic mass is 32.2. The van der Waals surface area contributed by atoms with Gasteiger partial charge in [-0.05, 0) is 45.1 Å². The number of hydrogen-bond acceptors (Lipinski definition) is 2. The van der Waals surface area contributed by atoms with Gasteiger partial charge < -0.3 is 0 Å². The highest BCUT2D eigenvalue weighted by Crippen LogP contribution is 2.33. The van der Waals surface area contributed by atoms with Gasteiger partial charge in [0.25, 0.3) is 6.43 Å². The van der Waals surface area contributed by atoms with Crippen molar-refractivity contribution in [3.05, 3.63) is 23.8 Å². The molecule has 0 aromatic heterocycles. The first-order chi connectivity index (χ1) is 8.22. The molecule has 1 aliphatic carbocycles. The van der Waals surface area contributed by atoms with Crippen molar-refractivity contribution in [3.63, 3.8) is 0 Å². The average molecular weight is 275 g/mol. The molecule has 1 N–H and O–H groups in total. The summed E-state index contributed by atoms with van der Waals surface area (Å²) in [6.45, 7) is 10.3. The zero-order valence-electron chi connectivity index (χ0n) is 11.7. The van der Waals surface area contributed by atoms with Gasteiger partial charge in [-0.2, -0.15) is 0 Å². The van der Waals surface area contributed by atoms with E-state index in [0.717, 1.165) is 0 Å². The molecule has 0 aromatic rings. The molecule has 0 radical (unpaired) electrons. The van der Waals surface area contributed by atoms with Crippen molar-refractivity contribution < 1.29 is 8.78 Å². The molecule has 3 atom stereocenters. The molecule has 1 rings (SSSR count). The smallest absolute Gasteiger partial charge is 0.260 e. The molecule has 4 heteroatoms. The van der Waals surface area contributed by atoms with Crippen molar-refractivity contribution in [1.29, 1.82) is 0 Å². The van der Waals surface area contributed by atoms with Gasteiger partial charge >= 0.3 is 0 Å². The predicted molar refractivity (Wildman–Crippen MR) is 75.8 cm³/mol. The van der Waals surface area contributed by atoms with E-state index in [-0.39, 0.29) is 28.2 Å². The lowest BCUT2D eigenvalue weighted by Crippen LogP contribution is -2.36. The molecule has 0 amide bonds. The van der Waals surface area contributed by atoms with Gasteiger partial charge in [-0.15, -0.1) is 0 Å². The summed E-state index contributed by atoms with van der Waals surface area (Å²) in [6, 6.07) is 0.169. The van der Waals surface area contributed by atoms with E-state index in [0.29, 0.717) is 0 Å². The summed E-state index contributed by atoms with van der Waals surface area (Å²) in [4.78, 5) is 0. The van der Waals surface area contributed by atoms with Gasteiger partial charge in [0.2, 0.25) is 0 Å². The number of rotatable bonds is 4. The maximum atomic E-state index is 12.9. The minimum absolute atomic E-state index is 0.113. The summed E-state index contributed by atoms with van der Waals surface area (Å²) < 4.78 is 29.2. The van der Waals surface area contributed by atoms with Gasteiger partial charge in [-0.25, -0.2) is 8.78 Å². The minimum atomic E-state index is -2.35. The summed E-state index contributed by atoms with van der Waals surface area (Å²) in [6.07, 6.45) is 2.98. The molecular weight excluding hydrogens is 252 g/mol. The Morgan fingerprint density at radius 2 is 1.94 bits per heavy atom. The van der Waals surface area contributed by atoms with Crippen LogP contribution in [0, 0.1) is 11.8 Å². The standard InChI is InChI=1S/C14H23F2NS/c1-9-11(7-6-8-12(9)13(15)16)10(2)17-18-14(3,4)5/h6-11,13,17H,1-5H3. The summed E-state index contributed by atoms with van der Waals surface area (Å²) >= 11 is 1.66. The number of halogens is 2. The summed E-state index contributed by atoms with van der Waals surface area (Å²) in [5.74, 6) is 0.00641. The lowest BCUT2D eigenvalue weighted by Gasteiger charge is -2.32. The molecule has 1 aliphatic rings. The number of allylic oxidation sites excluding steroid dienone is 3. The van der Waals surface area contributed by atoms with Gasteiger partial charge in [-0.3, -0.25) is 4.72 Å². The first-order valence-electron chi connectivity index (χ1n) is 6.32. The topological polar surface area (TPSA) is 12.0 Å². The van der Waals surface area contributed by atoms with E-state index >= 15 is 0 Å². The molecule has 0 fully saturated rings. The third-order valence-electron chi connectivity index (χ3n) is 3.11. The summed E-state index contributed by atoms with van der Waals surface area (Å²) in [5, 5.41) is 0. The second kappa shape index (κ2) is 6.20. The molecule has 0 heterocycles. The Kier molecular flexibility index (Phi) is 5.41. The number of nitrogens with one attached hydrogen (secondary N) is 1. The minimum Gasteiger partial charge on any atom is -0.260 e. The van der Waals surface area contributed by atoms with E-state index in [1.807, 2.05) is 13.0 Å². The highest BCUT2D eigenvalue weighted by Gasteiger charge is 2.30. The van der Waals surface area contributed by atoms with Crippen LogP contribution in [0.2, 0.25) is 0 Å². The van der Waals surface area contributed by atoms with Crippen LogP contribution in [0.15, 0.2) is 23.8 Å². The van der Waals surface area contributed by atoms with Gasteiger partial charge in [-0.1, -0.05) is 37.1 Å². The van der Waals surface area contributed by atoms with E-state index in [1.54, 1.807) is 24.1 Å². The third kappa shape index (κ3) is 4.39. The normalized spacial score (nSPS) is 26.3. The van der Waals surface area contributed by atoms with E-state index < -0.39 is 6.43 Å². The molecule has 104 valence electrons. The van der Waals surface area contributed by atoms with Gasteiger partial charge in [0.15, 0.2) is 0 Å². The second-order valence-corrected chi connectivity index (χ2v) is 7.50. The van der Waals surface area contributed by atoms with Crippen LogP contribution < -0.4 is 4.72 Å². The Morgan fingerprint density at radius 1 is 1.33 bits per heavy atom. The van der Waals surface area contributed by atoms with Crippen LogP contribution in [-0.2, 0) is 0 Å². The fourth-order valence-corrected chi connectivity index (χ4v) is 2.75. The zero-order valence-corrected chi connectivity index (χ0v) is 12.5. The van der Waals surface area contributed by atoms with Crippen LogP contribution >= 0.6 is 11.9 Å². The van der Waals surface area contributed by atoms with Crippen molar-refractivity contribution in [2.45, 2.75) is 51.8 Å². The van der Waals surface area contributed by atoms with Crippen LogP contribution in [0.1, 0.15) is 34.6 Å². The van der Waals surface area contributed by atoms with Crippen molar-refractivity contribution in [2.75, 3.05) is 0 Å². The molecule has 0 aliphatic heterocycles. The first kappa shape index (κ1) is 15.7. The summed E-state index contributed by atoms with van der Waals surface area (Å²) in [7, 11) is 0. The van der Waals surface area contributed by atoms with Gasteiger partial charge in [0, 0.05) is 10.8 Å². The fraction of sp³-hybridized carbons (Fsp3) is 0.714. The molecule has 0 saturated carbocycles. The van der Waals surface area contributed by atoms with Gasteiger partial charge in [0.05, 0.1) is 0 Å².